The van der Waals surface area contributed by atoms with Crippen LogP contribution in [0, 0.1) is 5.82 Å². The Morgan fingerprint density at radius 3 is 2.67 bits per heavy atom. The second-order valence-electron chi connectivity index (χ2n) is 4.59. The first kappa shape index (κ1) is 13.3. The van der Waals surface area contributed by atoms with Crippen molar-refractivity contribution < 1.29 is 14.3 Å². The zero-order chi connectivity index (χ0) is 13.1. The maximum absolute atomic E-state index is 13.0. The van der Waals surface area contributed by atoms with Crippen molar-refractivity contribution in [2.24, 2.45) is 0 Å². The van der Waals surface area contributed by atoms with Crippen LogP contribution in [-0.4, -0.2) is 17.1 Å². The Morgan fingerprint density at radius 2 is 2.11 bits per heavy atom. The molecular weight excluding hydrogens is 257 g/mol. The van der Waals surface area contributed by atoms with Crippen molar-refractivity contribution in [2.75, 3.05) is 0 Å². The molecule has 0 radical (unpaired) electrons. The predicted molar refractivity (Wildman–Crippen MR) is 67.2 cm³/mol. The van der Waals surface area contributed by atoms with Crippen molar-refractivity contribution in [1.82, 2.24) is 5.32 Å². The van der Waals surface area contributed by atoms with Crippen molar-refractivity contribution in [2.45, 2.75) is 37.8 Å². The number of carboxylic acids is 1. The van der Waals surface area contributed by atoms with Gasteiger partial charge in [-0.3, -0.25) is 10.1 Å². The fourth-order valence-electron chi connectivity index (χ4n) is 2.36. The van der Waals surface area contributed by atoms with Gasteiger partial charge in [-0.25, -0.2) is 4.39 Å². The highest BCUT2D eigenvalue weighted by atomic mass is 35.5. The molecule has 5 heteroatoms. The Hall–Kier alpha value is -1.13. The minimum Gasteiger partial charge on any atom is -0.480 e. The molecule has 1 atom stereocenters. The fraction of sp³-hybridized carbons (Fsp3) is 0.462. The highest BCUT2D eigenvalue weighted by molar-refractivity contribution is 6.31. The number of carbonyl (C=O) groups is 1. The minimum absolute atomic E-state index is 0.146. The lowest BCUT2D eigenvalue weighted by atomic mass is 10.1. The molecule has 1 aromatic rings. The molecule has 1 aromatic carbocycles. The van der Waals surface area contributed by atoms with Gasteiger partial charge in [0.15, 0.2) is 0 Å². The van der Waals surface area contributed by atoms with Gasteiger partial charge < -0.3 is 5.11 Å². The summed E-state index contributed by atoms with van der Waals surface area (Å²) in [5.74, 6) is -1.45. The van der Waals surface area contributed by atoms with Crippen molar-refractivity contribution in [3.8, 4) is 0 Å². The van der Waals surface area contributed by atoms with Crippen LogP contribution in [0.2, 0.25) is 5.02 Å². The first-order valence-corrected chi connectivity index (χ1v) is 6.39. The Balaban J connectivity index is 2.20. The van der Waals surface area contributed by atoms with Crippen LogP contribution >= 0.6 is 11.6 Å². The van der Waals surface area contributed by atoms with Crippen molar-refractivity contribution in [3.05, 3.63) is 34.6 Å². The molecule has 0 aromatic heterocycles. The monoisotopic (exact) mass is 271 g/mol. The standard InChI is InChI=1S/C13H15ClFNO2/c14-11-7-8(15)5-6-10(11)12(13(17)18)16-9-3-1-2-4-9/h5-7,9,12,16H,1-4H2,(H,17,18). The molecule has 18 heavy (non-hydrogen) atoms. The number of hydrogen-bond donors (Lipinski definition) is 2. The fourth-order valence-corrected chi connectivity index (χ4v) is 2.63. The summed E-state index contributed by atoms with van der Waals surface area (Å²) in [4.78, 5) is 11.3. The van der Waals surface area contributed by atoms with Crippen molar-refractivity contribution in [3.63, 3.8) is 0 Å². The van der Waals surface area contributed by atoms with Crippen LogP contribution in [0.4, 0.5) is 4.39 Å². The van der Waals surface area contributed by atoms with Crippen LogP contribution in [-0.2, 0) is 4.79 Å². The molecule has 98 valence electrons. The molecule has 0 aliphatic heterocycles. The number of rotatable bonds is 4. The molecule has 1 fully saturated rings. The average molecular weight is 272 g/mol. The Labute approximate surface area is 110 Å². The normalized spacial score (nSPS) is 17.9. The first-order chi connectivity index (χ1) is 8.58. The molecule has 2 rings (SSSR count). The van der Waals surface area contributed by atoms with Gasteiger partial charge in [0.25, 0.3) is 0 Å². The van der Waals surface area contributed by atoms with Gasteiger partial charge in [-0.2, -0.15) is 0 Å². The largest absolute Gasteiger partial charge is 0.480 e. The van der Waals surface area contributed by atoms with Crippen LogP contribution in [0.25, 0.3) is 0 Å². The molecule has 3 nitrogen and oxygen atoms in total. The average Bonchev–Trinajstić information content (AvgIpc) is 2.79. The molecule has 0 spiro atoms. The Kier molecular flexibility index (Phi) is 4.19. The van der Waals surface area contributed by atoms with E-state index in [0.717, 1.165) is 31.7 Å². The minimum atomic E-state index is -0.990. The number of carboxylic acid groups (broad SMARTS) is 1. The molecule has 0 heterocycles. The van der Waals surface area contributed by atoms with E-state index in [4.69, 9.17) is 11.6 Å². The van der Waals surface area contributed by atoms with Gasteiger partial charge in [0, 0.05) is 11.1 Å². The maximum atomic E-state index is 13.0. The van der Waals surface area contributed by atoms with E-state index in [1.165, 1.54) is 12.1 Å². The van der Waals surface area contributed by atoms with Crippen LogP contribution in [0.15, 0.2) is 18.2 Å². The number of benzene rings is 1. The summed E-state index contributed by atoms with van der Waals surface area (Å²) < 4.78 is 13.0. The van der Waals surface area contributed by atoms with Gasteiger partial charge in [0.2, 0.25) is 0 Å². The van der Waals surface area contributed by atoms with Gasteiger partial charge in [0.1, 0.15) is 11.9 Å². The van der Waals surface area contributed by atoms with E-state index in [1.54, 1.807) is 0 Å². The van der Waals surface area contributed by atoms with E-state index in [1.807, 2.05) is 0 Å². The predicted octanol–water partition coefficient (Wildman–Crippen LogP) is 3.14. The molecule has 1 aliphatic rings. The van der Waals surface area contributed by atoms with Gasteiger partial charge >= 0.3 is 5.97 Å². The van der Waals surface area contributed by atoms with Gasteiger partial charge in [-0.15, -0.1) is 0 Å². The van der Waals surface area contributed by atoms with Crippen LogP contribution in [0.3, 0.4) is 0 Å². The van der Waals surface area contributed by atoms with Crippen LogP contribution in [0.1, 0.15) is 37.3 Å². The molecule has 1 saturated carbocycles. The van der Waals surface area contributed by atoms with Gasteiger partial charge in [0.05, 0.1) is 0 Å². The van der Waals surface area contributed by atoms with Crippen LogP contribution < -0.4 is 5.32 Å². The topological polar surface area (TPSA) is 49.3 Å². The molecule has 1 aliphatic carbocycles. The highest BCUT2D eigenvalue weighted by Crippen LogP contribution is 2.27. The summed E-state index contributed by atoms with van der Waals surface area (Å²) in [5, 5.41) is 12.5. The first-order valence-electron chi connectivity index (χ1n) is 6.01. The summed E-state index contributed by atoms with van der Waals surface area (Å²) in [5.41, 5.74) is 0.414. The number of hydrogen-bond acceptors (Lipinski definition) is 2. The van der Waals surface area contributed by atoms with E-state index in [9.17, 15) is 14.3 Å². The van der Waals surface area contributed by atoms with E-state index < -0.39 is 17.8 Å². The van der Waals surface area contributed by atoms with Crippen LogP contribution in [0.5, 0.6) is 0 Å². The summed E-state index contributed by atoms with van der Waals surface area (Å²) >= 11 is 5.91. The van der Waals surface area contributed by atoms with Gasteiger partial charge in [-0.05, 0) is 30.5 Å². The molecular formula is C13H15ClFNO2. The zero-order valence-corrected chi connectivity index (χ0v) is 10.6. The van der Waals surface area contributed by atoms with Crippen molar-refractivity contribution in [1.29, 1.82) is 0 Å². The summed E-state index contributed by atoms with van der Waals surface area (Å²) in [6.45, 7) is 0. The Morgan fingerprint density at radius 1 is 1.44 bits per heavy atom. The Bertz CT molecular complexity index is 447. The third kappa shape index (κ3) is 3.00. The number of halogens is 2. The SMILES string of the molecule is O=C(O)C(NC1CCCC1)c1ccc(F)cc1Cl. The lowest BCUT2D eigenvalue weighted by Gasteiger charge is -2.20. The lowest BCUT2D eigenvalue weighted by molar-refractivity contribution is -0.139. The molecule has 0 amide bonds. The maximum Gasteiger partial charge on any atom is 0.325 e. The third-order valence-corrected chi connectivity index (χ3v) is 3.61. The van der Waals surface area contributed by atoms with Crippen molar-refractivity contribution >= 4 is 17.6 Å². The molecule has 1 unspecified atom stereocenters. The van der Waals surface area contributed by atoms with E-state index in [0.29, 0.717) is 5.56 Å². The quantitative estimate of drug-likeness (QED) is 0.884. The summed E-state index contributed by atoms with van der Waals surface area (Å²) in [7, 11) is 0. The smallest absolute Gasteiger partial charge is 0.325 e. The van der Waals surface area contributed by atoms with E-state index >= 15 is 0 Å². The highest BCUT2D eigenvalue weighted by Gasteiger charge is 2.26. The lowest BCUT2D eigenvalue weighted by Crippen LogP contribution is -2.35. The summed E-state index contributed by atoms with van der Waals surface area (Å²) in [6.07, 6.45) is 4.17. The summed E-state index contributed by atoms with van der Waals surface area (Å²) in [6, 6.07) is 3.13. The molecule has 2 N–H and O–H groups in total. The second-order valence-corrected chi connectivity index (χ2v) is 4.99. The number of aliphatic carboxylic acids is 1. The zero-order valence-electron chi connectivity index (χ0n) is 9.83. The number of nitrogens with one attached hydrogen (secondary N) is 1. The second kappa shape index (κ2) is 5.67. The third-order valence-electron chi connectivity index (χ3n) is 3.28. The van der Waals surface area contributed by atoms with Gasteiger partial charge in [-0.1, -0.05) is 30.5 Å². The molecule has 0 saturated heterocycles. The molecule has 0 bridgehead atoms. The van der Waals surface area contributed by atoms with E-state index in [-0.39, 0.29) is 11.1 Å². The van der Waals surface area contributed by atoms with E-state index in [2.05, 4.69) is 5.32 Å².